The quantitative estimate of drug-likeness (QED) is 0.746. The SMILES string of the molecule is Nc1ccc(NC(=O)c2ccc3ccccc3c2)cn1. The molecule has 1 aromatic heterocycles. The zero-order valence-corrected chi connectivity index (χ0v) is 10.7. The van der Waals surface area contributed by atoms with Gasteiger partial charge in [-0.15, -0.1) is 0 Å². The van der Waals surface area contributed by atoms with Gasteiger partial charge in [-0.25, -0.2) is 4.98 Å². The van der Waals surface area contributed by atoms with Crippen LogP contribution in [0.5, 0.6) is 0 Å². The molecule has 20 heavy (non-hydrogen) atoms. The molecule has 3 N–H and O–H groups in total. The van der Waals surface area contributed by atoms with Crippen LogP contribution in [0.1, 0.15) is 10.4 Å². The van der Waals surface area contributed by atoms with Crippen molar-refractivity contribution in [3.63, 3.8) is 0 Å². The number of hydrogen-bond donors (Lipinski definition) is 2. The number of pyridine rings is 1. The van der Waals surface area contributed by atoms with E-state index in [1.165, 1.54) is 6.20 Å². The number of amides is 1. The molecule has 1 amide bonds. The molecule has 4 heteroatoms. The molecular weight excluding hydrogens is 250 g/mol. The normalized spacial score (nSPS) is 10.4. The summed E-state index contributed by atoms with van der Waals surface area (Å²) in [6.45, 7) is 0. The molecule has 0 saturated carbocycles. The highest BCUT2D eigenvalue weighted by Gasteiger charge is 2.06. The first kappa shape index (κ1) is 12.2. The van der Waals surface area contributed by atoms with E-state index in [0.29, 0.717) is 17.1 Å². The predicted octanol–water partition coefficient (Wildman–Crippen LogP) is 3.07. The molecule has 0 unspecified atom stereocenters. The van der Waals surface area contributed by atoms with Crippen LogP contribution in [0.25, 0.3) is 10.8 Å². The Kier molecular flexibility index (Phi) is 3.05. The van der Waals surface area contributed by atoms with Gasteiger partial charge < -0.3 is 11.1 Å². The van der Waals surface area contributed by atoms with Gasteiger partial charge in [0, 0.05) is 5.56 Å². The number of nitrogens with one attached hydrogen (secondary N) is 1. The summed E-state index contributed by atoms with van der Waals surface area (Å²) >= 11 is 0. The fourth-order valence-electron chi connectivity index (χ4n) is 2.01. The third-order valence-corrected chi connectivity index (χ3v) is 3.06. The third-order valence-electron chi connectivity index (χ3n) is 3.06. The van der Waals surface area contributed by atoms with Crippen LogP contribution in [0.2, 0.25) is 0 Å². The molecule has 0 aliphatic carbocycles. The Morgan fingerprint density at radius 1 is 1.00 bits per heavy atom. The number of rotatable bonds is 2. The Morgan fingerprint density at radius 2 is 1.80 bits per heavy atom. The largest absolute Gasteiger partial charge is 0.384 e. The maximum Gasteiger partial charge on any atom is 0.255 e. The second kappa shape index (κ2) is 5.01. The zero-order valence-electron chi connectivity index (χ0n) is 10.7. The summed E-state index contributed by atoms with van der Waals surface area (Å²) in [5.41, 5.74) is 6.74. The minimum absolute atomic E-state index is 0.165. The summed E-state index contributed by atoms with van der Waals surface area (Å²) < 4.78 is 0. The lowest BCUT2D eigenvalue weighted by Gasteiger charge is -2.06. The van der Waals surface area contributed by atoms with Crippen LogP contribution < -0.4 is 11.1 Å². The van der Waals surface area contributed by atoms with E-state index in [4.69, 9.17) is 5.73 Å². The number of benzene rings is 2. The summed E-state index contributed by atoms with van der Waals surface area (Å²) in [5, 5.41) is 4.94. The fourth-order valence-corrected chi connectivity index (χ4v) is 2.01. The Labute approximate surface area is 116 Å². The number of carbonyl (C=O) groups excluding carboxylic acids is 1. The van der Waals surface area contributed by atoms with E-state index in [-0.39, 0.29) is 5.91 Å². The summed E-state index contributed by atoms with van der Waals surface area (Å²) in [4.78, 5) is 16.1. The van der Waals surface area contributed by atoms with Crippen LogP contribution in [0, 0.1) is 0 Å². The smallest absolute Gasteiger partial charge is 0.255 e. The van der Waals surface area contributed by atoms with E-state index >= 15 is 0 Å². The molecule has 0 aliphatic rings. The van der Waals surface area contributed by atoms with Gasteiger partial charge in [0.1, 0.15) is 5.82 Å². The van der Waals surface area contributed by atoms with Gasteiger partial charge in [-0.2, -0.15) is 0 Å². The van der Waals surface area contributed by atoms with Crippen molar-refractivity contribution in [1.29, 1.82) is 0 Å². The predicted molar refractivity (Wildman–Crippen MR) is 80.6 cm³/mol. The molecule has 0 spiro atoms. The maximum atomic E-state index is 12.2. The minimum Gasteiger partial charge on any atom is -0.384 e. The summed E-state index contributed by atoms with van der Waals surface area (Å²) in [5.74, 6) is 0.260. The topological polar surface area (TPSA) is 68.0 Å². The van der Waals surface area contributed by atoms with E-state index in [2.05, 4.69) is 10.3 Å². The summed E-state index contributed by atoms with van der Waals surface area (Å²) in [6.07, 6.45) is 1.54. The first-order valence-electron chi connectivity index (χ1n) is 6.24. The molecule has 0 saturated heterocycles. The highest BCUT2D eigenvalue weighted by Crippen LogP contribution is 2.17. The second-order valence-electron chi connectivity index (χ2n) is 4.49. The first-order valence-corrected chi connectivity index (χ1v) is 6.24. The molecule has 3 aromatic rings. The molecular formula is C16H13N3O. The van der Waals surface area contributed by atoms with E-state index in [1.54, 1.807) is 12.1 Å². The zero-order chi connectivity index (χ0) is 13.9. The standard InChI is InChI=1S/C16H13N3O/c17-15-8-7-14(10-18-15)19-16(20)13-6-5-11-3-1-2-4-12(11)9-13/h1-10H,(H2,17,18)(H,19,20). The lowest BCUT2D eigenvalue weighted by molar-refractivity contribution is 0.102. The van der Waals surface area contributed by atoms with Gasteiger partial charge in [0.05, 0.1) is 11.9 Å². The van der Waals surface area contributed by atoms with Crippen molar-refractivity contribution < 1.29 is 4.79 Å². The molecule has 98 valence electrons. The van der Waals surface area contributed by atoms with Crippen molar-refractivity contribution in [2.75, 3.05) is 11.1 Å². The van der Waals surface area contributed by atoms with E-state index in [9.17, 15) is 4.79 Å². The number of fused-ring (bicyclic) bond motifs is 1. The summed E-state index contributed by atoms with van der Waals surface area (Å²) in [6, 6.07) is 16.9. The van der Waals surface area contributed by atoms with Crippen LogP contribution >= 0.6 is 0 Å². The van der Waals surface area contributed by atoms with Crippen molar-refractivity contribution in [2.24, 2.45) is 0 Å². The Bertz CT molecular complexity index is 766. The van der Waals surface area contributed by atoms with Crippen molar-refractivity contribution in [3.8, 4) is 0 Å². The third kappa shape index (κ3) is 2.44. The van der Waals surface area contributed by atoms with Crippen molar-refractivity contribution in [1.82, 2.24) is 4.98 Å². The lowest BCUT2D eigenvalue weighted by atomic mass is 10.1. The Morgan fingerprint density at radius 3 is 2.55 bits per heavy atom. The average Bonchev–Trinajstić information content (AvgIpc) is 2.49. The highest BCUT2D eigenvalue weighted by atomic mass is 16.1. The number of carbonyl (C=O) groups is 1. The minimum atomic E-state index is -0.165. The molecule has 1 heterocycles. The number of hydrogen-bond acceptors (Lipinski definition) is 3. The van der Waals surface area contributed by atoms with Gasteiger partial charge >= 0.3 is 0 Å². The van der Waals surface area contributed by atoms with Crippen LogP contribution in [0.15, 0.2) is 60.8 Å². The van der Waals surface area contributed by atoms with Gasteiger partial charge in [-0.3, -0.25) is 4.79 Å². The van der Waals surface area contributed by atoms with Crippen molar-refractivity contribution >= 4 is 28.2 Å². The van der Waals surface area contributed by atoms with E-state index in [0.717, 1.165) is 10.8 Å². The second-order valence-corrected chi connectivity index (χ2v) is 4.49. The molecule has 0 fully saturated rings. The van der Waals surface area contributed by atoms with Crippen LogP contribution in [0.4, 0.5) is 11.5 Å². The Hall–Kier alpha value is -2.88. The van der Waals surface area contributed by atoms with Crippen LogP contribution in [-0.4, -0.2) is 10.9 Å². The first-order chi connectivity index (χ1) is 9.72. The van der Waals surface area contributed by atoms with Crippen molar-refractivity contribution in [3.05, 3.63) is 66.4 Å². The number of nitrogens with two attached hydrogens (primary N) is 1. The lowest BCUT2D eigenvalue weighted by Crippen LogP contribution is -2.12. The molecule has 0 atom stereocenters. The molecule has 0 bridgehead atoms. The van der Waals surface area contributed by atoms with Gasteiger partial charge in [-0.1, -0.05) is 30.3 Å². The van der Waals surface area contributed by atoms with E-state index < -0.39 is 0 Å². The van der Waals surface area contributed by atoms with Crippen molar-refractivity contribution in [2.45, 2.75) is 0 Å². The molecule has 2 aromatic carbocycles. The molecule has 4 nitrogen and oxygen atoms in total. The molecule has 0 aliphatic heterocycles. The fraction of sp³-hybridized carbons (Fsp3) is 0. The van der Waals surface area contributed by atoms with Gasteiger partial charge in [0.15, 0.2) is 0 Å². The van der Waals surface area contributed by atoms with Gasteiger partial charge in [0.2, 0.25) is 0 Å². The van der Waals surface area contributed by atoms with Gasteiger partial charge in [-0.05, 0) is 35.0 Å². The number of anilines is 2. The monoisotopic (exact) mass is 263 g/mol. The number of nitrogen functional groups attached to an aromatic ring is 1. The maximum absolute atomic E-state index is 12.2. The van der Waals surface area contributed by atoms with Crippen LogP contribution in [0.3, 0.4) is 0 Å². The number of nitrogens with zero attached hydrogens (tertiary/aromatic N) is 1. The molecule has 3 rings (SSSR count). The average molecular weight is 263 g/mol. The summed E-state index contributed by atoms with van der Waals surface area (Å²) in [7, 11) is 0. The molecule has 0 radical (unpaired) electrons. The Balaban J connectivity index is 1.86. The highest BCUT2D eigenvalue weighted by molar-refractivity contribution is 6.06. The van der Waals surface area contributed by atoms with E-state index in [1.807, 2.05) is 42.5 Å². The van der Waals surface area contributed by atoms with Gasteiger partial charge in [0.25, 0.3) is 5.91 Å². The number of aromatic nitrogens is 1. The van der Waals surface area contributed by atoms with Crippen LogP contribution in [-0.2, 0) is 0 Å².